The molecule has 3 aromatic heterocycles. The second-order valence-electron chi connectivity index (χ2n) is 4.66. The lowest BCUT2D eigenvalue weighted by molar-refractivity contribution is 0.822. The number of hydrogen-bond donors (Lipinski definition) is 2. The first-order valence-electron chi connectivity index (χ1n) is 6.75. The number of H-pyrrole nitrogens is 1. The highest BCUT2D eigenvalue weighted by Gasteiger charge is 2.13. The summed E-state index contributed by atoms with van der Waals surface area (Å²) in [4.78, 5) is 16.7. The van der Waals surface area contributed by atoms with Gasteiger partial charge >= 0.3 is 0 Å². The third kappa shape index (κ3) is 2.16. The Bertz CT molecular complexity index is 718. The lowest BCUT2D eigenvalue weighted by atomic mass is 10.1. The number of nitrogens with one attached hydrogen (secondary N) is 2. The first kappa shape index (κ1) is 12.7. The van der Waals surface area contributed by atoms with Crippen molar-refractivity contribution in [1.29, 1.82) is 0 Å². The van der Waals surface area contributed by atoms with E-state index in [1.807, 2.05) is 25.4 Å². The molecule has 0 radical (unpaired) electrons. The fourth-order valence-corrected chi connectivity index (χ4v) is 2.39. The second-order valence-corrected chi connectivity index (χ2v) is 4.66. The number of aromatic amines is 1. The van der Waals surface area contributed by atoms with Crippen molar-refractivity contribution in [3.63, 3.8) is 0 Å². The van der Waals surface area contributed by atoms with Gasteiger partial charge in [-0.05, 0) is 31.2 Å². The number of nitrogens with zero attached hydrogens (tertiary/aromatic N) is 3. The number of rotatable bonds is 4. The van der Waals surface area contributed by atoms with Gasteiger partial charge in [0.2, 0.25) is 0 Å². The first-order chi connectivity index (χ1) is 9.83. The average Bonchev–Trinajstić information content (AvgIpc) is 2.91. The van der Waals surface area contributed by atoms with Crippen molar-refractivity contribution in [3.05, 3.63) is 42.0 Å². The summed E-state index contributed by atoms with van der Waals surface area (Å²) in [5.41, 5.74) is 4.10. The van der Waals surface area contributed by atoms with Gasteiger partial charge in [0.05, 0.1) is 5.69 Å². The Morgan fingerprint density at radius 2 is 2.20 bits per heavy atom. The smallest absolute Gasteiger partial charge is 0.163 e. The summed E-state index contributed by atoms with van der Waals surface area (Å²) in [6, 6.07) is 3.88. The monoisotopic (exact) mass is 267 g/mol. The molecule has 0 aliphatic heterocycles. The van der Waals surface area contributed by atoms with E-state index in [1.165, 1.54) is 5.56 Å². The van der Waals surface area contributed by atoms with Crippen LogP contribution >= 0.6 is 0 Å². The highest BCUT2D eigenvalue weighted by Crippen LogP contribution is 2.24. The Hall–Kier alpha value is -2.27. The van der Waals surface area contributed by atoms with Gasteiger partial charge < -0.3 is 10.3 Å². The molecule has 2 N–H and O–H groups in total. The van der Waals surface area contributed by atoms with Crippen LogP contribution < -0.4 is 5.32 Å². The third-order valence-electron chi connectivity index (χ3n) is 3.31. The minimum atomic E-state index is 0.723. The molecule has 0 saturated carbocycles. The molecule has 0 amide bonds. The second kappa shape index (κ2) is 5.38. The fraction of sp³-hybridized carbons (Fsp3) is 0.267. The molecule has 0 aliphatic rings. The van der Waals surface area contributed by atoms with Crippen molar-refractivity contribution in [3.8, 4) is 11.4 Å². The molecule has 5 heteroatoms. The Morgan fingerprint density at radius 3 is 2.90 bits per heavy atom. The topological polar surface area (TPSA) is 66.5 Å². The van der Waals surface area contributed by atoms with Gasteiger partial charge in [0.25, 0.3) is 0 Å². The van der Waals surface area contributed by atoms with Gasteiger partial charge in [-0.2, -0.15) is 0 Å². The molecule has 0 fully saturated rings. The number of aromatic nitrogens is 4. The van der Waals surface area contributed by atoms with Gasteiger partial charge in [0.15, 0.2) is 5.82 Å². The Kier molecular flexibility index (Phi) is 3.43. The summed E-state index contributed by atoms with van der Waals surface area (Å²) in [6.07, 6.45) is 6.42. The van der Waals surface area contributed by atoms with Gasteiger partial charge in [-0.3, -0.25) is 4.98 Å². The number of aryl methyl sites for hydroxylation is 1. The van der Waals surface area contributed by atoms with E-state index in [2.05, 4.69) is 27.2 Å². The zero-order valence-electron chi connectivity index (χ0n) is 11.6. The minimum absolute atomic E-state index is 0.723. The van der Waals surface area contributed by atoms with Crippen LogP contribution in [0.2, 0.25) is 0 Å². The van der Waals surface area contributed by atoms with Crippen LogP contribution in [0.4, 0.5) is 0 Å². The summed E-state index contributed by atoms with van der Waals surface area (Å²) in [6.45, 7) is 2.92. The van der Waals surface area contributed by atoms with Crippen LogP contribution in [-0.2, 0) is 13.0 Å². The molecule has 3 heterocycles. The highest BCUT2D eigenvalue weighted by molar-refractivity contribution is 5.84. The first-order valence-corrected chi connectivity index (χ1v) is 6.75. The molecule has 0 spiro atoms. The van der Waals surface area contributed by atoms with Crippen molar-refractivity contribution in [2.75, 3.05) is 7.05 Å². The van der Waals surface area contributed by atoms with E-state index >= 15 is 0 Å². The van der Waals surface area contributed by atoms with Crippen LogP contribution in [0.5, 0.6) is 0 Å². The Morgan fingerprint density at radius 1 is 1.30 bits per heavy atom. The molecule has 102 valence electrons. The summed E-state index contributed by atoms with van der Waals surface area (Å²) in [7, 11) is 1.94. The minimum Gasteiger partial charge on any atom is -0.346 e. The quantitative estimate of drug-likeness (QED) is 0.761. The molecule has 0 bridgehead atoms. The molecule has 3 aromatic rings. The van der Waals surface area contributed by atoms with Gasteiger partial charge in [-0.1, -0.05) is 6.92 Å². The van der Waals surface area contributed by atoms with Crippen molar-refractivity contribution in [2.24, 2.45) is 0 Å². The molecular weight excluding hydrogens is 250 g/mol. The van der Waals surface area contributed by atoms with Crippen LogP contribution in [0.25, 0.3) is 22.4 Å². The molecule has 0 aliphatic carbocycles. The summed E-state index contributed by atoms with van der Waals surface area (Å²) < 4.78 is 0. The maximum atomic E-state index is 4.71. The molecule has 20 heavy (non-hydrogen) atoms. The summed E-state index contributed by atoms with van der Waals surface area (Å²) >= 11 is 0. The molecule has 0 saturated heterocycles. The molecule has 5 nitrogen and oxygen atoms in total. The van der Waals surface area contributed by atoms with Gasteiger partial charge in [-0.15, -0.1) is 0 Å². The number of hydrogen-bond acceptors (Lipinski definition) is 4. The summed E-state index contributed by atoms with van der Waals surface area (Å²) in [5.74, 6) is 0.723. The van der Waals surface area contributed by atoms with E-state index in [-0.39, 0.29) is 0 Å². The van der Waals surface area contributed by atoms with Crippen molar-refractivity contribution >= 4 is 11.0 Å². The number of fused-ring (bicyclic) bond motifs is 1. The highest BCUT2D eigenvalue weighted by atomic mass is 15.0. The third-order valence-corrected chi connectivity index (χ3v) is 3.31. The van der Waals surface area contributed by atoms with E-state index in [1.54, 1.807) is 12.4 Å². The number of pyridine rings is 1. The van der Waals surface area contributed by atoms with E-state index < -0.39 is 0 Å². The zero-order chi connectivity index (χ0) is 13.9. The fourth-order valence-electron chi connectivity index (χ4n) is 2.39. The van der Waals surface area contributed by atoms with Gasteiger partial charge in [0, 0.05) is 36.1 Å². The predicted molar refractivity (Wildman–Crippen MR) is 79.3 cm³/mol. The standard InChI is InChI=1S/C15H17N5/c1-3-12-13-11(7-16-2)9-18-15(13)20-14(19-12)10-5-4-6-17-8-10/h4-6,8-9,16H,3,7H2,1-2H3,(H,18,19,20). The molecule has 0 aromatic carbocycles. The van der Waals surface area contributed by atoms with E-state index in [4.69, 9.17) is 4.98 Å². The average molecular weight is 267 g/mol. The molecular formula is C15H17N5. The van der Waals surface area contributed by atoms with Gasteiger partial charge in [-0.25, -0.2) is 9.97 Å². The van der Waals surface area contributed by atoms with Crippen molar-refractivity contribution < 1.29 is 0 Å². The van der Waals surface area contributed by atoms with Crippen LogP contribution in [0.15, 0.2) is 30.7 Å². The van der Waals surface area contributed by atoms with Crippen molar-refractivity contribution in [2.45, 2.75) is 19.9 Å². The predicted octanol–water partition coefficient (Wildman–Crippen LogP) is 2.30. The maximum Gasteiger partial charge on any atom is 0.163 e. The lowest BCUT2D eigenvalue weighted by Gasteiger charge is -2.06. The molecule has 0 unspecified atom stereocenters. The van der Waals surface area contributed by atoms with Crippen LogP contribution in [0.3, 0.4) is 0 Å². The van der Waals surface area contributed by atoms with E-state index in [9.17, 15) is 0 Å². The van der Waals surface area contributed by atoms with Gasteiger partial charge in [0.1, 0.15) is 5.65 Å². The SMILES string of the molecule is CCc1nc(-c2cccnc2)nc2[nH]cc(CNC)c12. The lowest BCUT2D eigenvalue weighted by Crippen LogP contribution is -2.05. The van der Waals surface area contributed by atoms with E-state index in [0.717, 1.165) is 41.1 Å². The molecule has 0 atom stereocenters. The maximum absolute atomic E-state index is 4.71. The van der Waals surface area contributed by atoms with Crippen LogP contribution in [0.1, 0.15) is 18.2 Å². The largest absolute Gasteiger partial charge is 0.346 e. The summed E-state index contributed by atoms with van der Waals surface area (Å²) in [5, 5.41) is 4.31. The Balaban J connectivity index is 2.19. The van der Waals surface area contributed by atoms with Crippen LogP contribution in [-0.4, -0.2) is 27.0 Å². The molecule has 3 rings (SSSR count). The normalized spacial score (nSPS) is 11.1. The zero-order valence-corrected chi connectivity index (χ0v) is 11.6. The Labute approximate surface area is 117 Å². The van der Waals surface area contributed by atoms with Crippen molar-refractivity contribution in [1.82, 2.24) is 25.3 Å². The van der Waals surface area contributed by atoms with E-state index in [0.29, 0.717) is 0 Å². The van der Waals surface area contributed by atoms with Crippen LogP contribution in [0, 0.1) is 0 Å².